The molecule has 0 amide bonds. The monoisotopic (exact) mass is 326 g/mol. The first-order valence-corrected chi connectivity index (χ1v) is 8.84. The Kier molecular flexibility index (Phi) is 3.70. The van der Waals surface area contributed by atoms with E-state index in [1.807, 2.05) is 13.8 Å². The standard InChI is InChI=1S/C20H22O4/c1-11(2)19-18(22)13-8-9-15-17(20(13)24-19)14(10-16(21)23-15)12-6-4-3-5-7-12/h8-9,12,14H,3-7,10H2,1-2H3. The van der Waals surface area contributed by atoms with Crippen molar-refractivity contribution in [3.63, 3.8) is 0 Å². The normalized spacial score (nSPS) is 23.4. The van der Waals surface area contributed by atoms with Crippen LogP contribution in [0.15, 0.2) is 23.5 Å². The maximum absolute atomic E-state index is 12.6. The van der Waals surface area contributed by atoms with E-state index >= 15 is 0 Å². The highest BCUT2D eigenvalue weighted by molar-refractivity contribution is 6.13. The van der Waals surface area contributed by atoms with Crippen LogP contribution >= 0.6 is 0 Å². The zero-order valence-corrected chi connectivity index (χ0v) is 14.2. The number of allylic oxidation sites excluding steroid dienone is 2. The molecule has 1 saturated carbocycles. The third-order valence-corrected chi connectivity index (χ3v) is 5.47. The maximum Gasteiger partial charge on any atom is 0.311 e. The Morgan fingerprint density at radius 3 is 2.50 bits per heavy atom. The van der Waals surface area contributed by atoms with Crippen LogP contribution in [0.4, 0.5) is 0 Å². The summed E-state index contributed by atoms with van der Waals surface area (Å²) < 4.78 is 11.4. The van der Waals surface area contributed by atoms with E-state index in [2.05, 4.69) is 0 Å². The molecule has 0 aromatic heterocycles. The molecule has 4 rings (SSSR count). The van der Waals surface area contributed by atoms with Gasteiger partial charge >= 0.3 is 5.97 Å². The molecule has 1 fully saturated rings. The summed E-state index contributed by atoms with van der Waals surface area (Å²) in [6, 6.07) is 3.49. The molecule has 24 heavy (non-hydrogen) atoms. The Balaban J connectivity index is 1.83. The number of rotatable bonds is 1. The lowest BCUT2D eigenvalue weighted by Gasteiger charge is -2.34. The van der Waals surface area contributed by atoms with Crippen LogP contribution in [0, 0.1) is 5.92 Å². The third-order valence-electron chi connectivity index (χ3n) is 5.47. The fourth-order valence-corrected chi connectivity index (χ4v) is 4.30. The summed E-state index contributed by atoms with van der Waals surface area (Å²) >= 11 is 0. The van der Waals surface area contributed by atoms with Gasteiger partial charge in [0.1, 0.15) is 11.5 Å². The first-order chi connectivity index (χ1) is 11.6. The molecule has 126 valence electrons. The molecule has 0 N–H and O–H groups in total. The smallest absolute Gasteiger partial charge is 0.311 e. The Bertz CT molecular complexity index is 749. The highest BCUT2D eigenvalue weighted by Gasteiger charge is 2.41. The van der Waals surface area contributed by atoms with Gasteiger partial charge in [-0.15, -0.1) is 0 Å². The molecule has 3 aliphatic rings. The summed E-state index contributed by atoms with van der Waals surface area (Å²) in [5.41, 5.74) is 2.40. The number of Topliss-reactive ketones (excluding diaryl/α,β-unsaturated/α-hetero) is 1. The van der Waals surface area contributed by atoms with E-state index in [9.17, 15) is 9.59 Å². The number of ether oxygens (including phenoxy) is 2. The van der Waals surface area contributed by atoms with E-state index < -0.39 is 0 Å². The van der Waals surface area contributed by atoms with Crippen LogP contribution < -0.4 is 9.47 Å². The van der Waals surface area contributed by atoms with Crippen molar-refractivity contribution >= 4 is 11.8 Å². The molecule has 1 aromatic rings. The Hall–Kier alpha value is -2.10. The molecule has 1 atom stereocenters. The number of ketones is 1. The lowest BCUT2D eigenvalue weighted by Crippen LogP contribution is -2.27. The third kappa shape index (κ3) is 2.36. The van der Waals surface area contributed by atoms with Crippen LogP contribution in [-0.4, -0.2) is 11.8 Å². The molecule has 0 saturated heterocycles. The topological polar surface area (TPSA) is 52.6 Å². The maximum atomic E-state index is 12.6. The van der Waals surface area contributed by atoms with E-state index in [1.54, 1.807) is 12.1 Å². The van der Waals surface area contributed by atoms with Gasteiger partial charge in [0.15, 0.2) is 5.76 Å². The first kappa shape index (κ1) is 15.4. The van der Waals surface area contributed by atoms with E-state index in [1.165, 1.54) is 19.3 Å². The lowest BCUT2D eigenvalue weighted by atomic mass is 9.74. The molecular formula is C20H22O4. The van der Waals surface area contributed by atoms with E-state index in [-0.39, 0.29) is 17.7 Å². The zero-order valence-electron chi connectivity index (χ0n) is 14.2. The van der Waals surface area contributed by atoms with Crippen molar-refractivity contribution in [1.29, 1.82) is 0 Å². The SMILES string of the molecule is CC(C)=C1Oc2c(ccc3c2C(C2CCCCC2)CC(=O)O3)C1=O. The fourth-order valence-electron chi connectivity index (χ4n) is 4.30. The molecule has 1 aromatic carbocycles. The van der Waals surface area contributed by atoms with Crippen molar-refractivity contribution < 1.29 is 19.1 Å². The van der Waals surface area contributed by atoms with Crippen molar-refractivity contribution in [3.05, 3.63) is 34.6 Å². The Morgan fingerprint density at radius 2 is 1.79 bits per heavy atom. The second-order valence-corrected chi connectivity index (χ2v) is 7.30. The largest absolute Gasteiger partial charge is 0.452 e. The molecule has 0 radical (unpaired) electrons. The predicted octanol–water partition coefficient (Wildman–Crippen LogP) is 4.53. The molecule has 2 heterocycles. The highest BCUT2D eigenvalue weighted by atomic mass is 16.5. The van der Waals surface area contributed by atoms with Crippen LogP contribution in [0.1, 0.15) is 74.2 Å². The summed E-state index contributed by atoms with van der Waals surface area (Å²) in [5, 5.41) is 0. The molecule has 1 aliphatic carbocycles. The molecule has 4 nitrogen and oxygen atoms in total. The molecule has 0 bridgehead atoms. The molecule has 0 spiro atoms. The second kappa shape index (κ2) is 5.76. The van der Waals surface area contributed by atoms with Gasteiger partial charge in [0, 0.05) is 11.5 Å². The van der Waals surface area contributed by atoms with Gasteiger partial charge in [-0.25, -0.2) is 0 Å². The number of esters is 1. The average Bonchev–Trinajstić information content (AvgIpc) is 2.92. The summed E-state index contributed by atoms with van der Waals surface area (Å²) in [6.45, 7) is 3.76. The first-order valence-electron chi connectivity index (χ1n) is 8.84. The van der Waals surface area contributed by atoms with Gasteiger partial charge < -0.3 is 9.47 Å². The Morgan fingerprint density at radius 1 is 1.04 bits per heavy atom. The van der Waals surface area contributed by atoms with Crippen LogP contribution in [0.5, 0.6) is 11.5 Å². The highest BCUT2D eigenvalue weighted by Crippen LogP contribution is 2.51. The Labute approximate surface area is 141 Å². The van der Waals surface area contributed by atoms with Gasteiger partial charge in [-0.2, -0.15) is 0 Å². The van der Waals surface area contributed by atoms with Crippen molar-refractivity contribution in [1.82, 2.24) is 0 Å². The minimum absolute atomic E-state index is 0.0629. The van der Waals surface area contributed by atoms with Crippen LogP contribution in [-0.2, 0) is 4.79 Å². The van der Waals surface area contributed by atoms with Gasteiger partial charge in [-0.1, -0.05) is 19.3 Å². The lowest BCUT2D eigenvalue weighted by molar-refractivity contribution is -0.136. The molecular weight excluding hydrogens is 304 g/mol. The van der Waals surface area contributed by atoms with Crippen molar-refractivity contribution in [3.8, 4) is 11.5 Å². The quantitative estimate of drug-likeness (QED) is 0.432. The molecule has 4 heteroatoms. The molecule has 2 aliphatic heterocycles. The number of carbonyl (C=O) groups excluding carboxylic acids is 2. The number of hydrogen-bond acceptors (Lipinski definition) is 4. The van der Waals surface area contributed by atoms with E-state index in [0.29, 0.717) is 35.2 Å². The van der Waals surface area contributed by atoms with Gasteiger partial charge in [0.2, 0.25) is 5.78 Å². The van der Waals surface area contributed by atoms with Crippen molar-refractivity contribution in [2.24, 2.45) is 5.92 Å². The summed E-state index contributed by atoms with van der Waals surface area (Å²) in [6.07, 6.45) is 6.33. The predicted molar refractivity (Wildman–Crippen MR) is 89.3 cm³/mol. The van der Waals surface area contributed by atoms with Gasteiger partial charge in [-0.05, 0) is 50.3 Å². The van der Waals surface area contributed by atoms with Gasteiger partial charge in [0.05, 0.1) is 12.0 Å². The van der Waals surface area contributed by atoms with E-state index in [0.717, 1.165) is 24.0 Å². The van der Waals surface area contributed by atoms with Crippen LogP contribution in [0.25, 0.3) is 0 Å². The van der Waals surface area contributed by atoms with Crippen molar-refractivity contribution in [2.45, 2.75) is 58.3 Å². The fraction of sp³-hybridized carbons (Fsp3) is 0.500. The van der Waals surface area contributed by atoms with Gasteiger partial charge in [0.25, 0.3) is 0 Å². The summed E-state index contributed by atoms with van der Waals surface area (Å²) in [4.78, 5) is 24.7. The zero-order chi connectivity index (χ0) is 16.8. The minimum Gasteiger partial charge on any atom is -0.452 e. The number of hydrogen-bond donors (Lipinski definition) is 0. The minimum atomic E-state index is -0.176. The molecule has 1 unspecified atom stereocenters. The number of carbonyl (C=O) groups is 2. The van der Waals surface area contributed by atoms with E-state index in [4.69, 9.17) is 9.47 Å². The second-order valence-electron chi connectivity index (χ2n) is 7.30. The average molecular weight is 326 g/mol. The van der Waals surface area contributed by atoms with Crippen LogP contribution in [0.2, 0.25) is 0 Å². The number of fused-ring (bicyclic) bond motifs is 3. The number of benzene rings is 1. The summed E-state index contributed by atoms with van der Waals surface area (Å²) in [7, 11) is 0. The van der Waals surface area contributed by atoms with Gasteiger partial charge in [-0.3, -0.25) is 9.59 Å². The summed E-state index contributed by atoms with van der Waals surface area (Å²) in [5.74, 6) is 1.93. The van der Waals surface area contributed by atoms with Crippen LogP contribution in [0.3, 0.4) is 0 Å². The van der Waals surface area contributed by atoms with Crippen molar-refractivity contribution in [2.75, 3.05) is 0 Å².